The van der Waals surface area contributed by atoms with E-state index in [0.717, 1.165) is 38.5 Å². The molecule has 0 saturated heterocycles. The summed E-state index contributed by atoms with van der Waals surface area (Å²) in [4.78, 5) is 26.9. The number of aromatic nitrogens is 2. The summed E-state index contributed by atoms with van der Waals surface area (Å²) in [6.07, 6.45) is 6.53. The van der Waals surface area contributed by atoms with Crippen LogP contribution in [0.15, 0.2) is 9.59 Å². The highest BCUT2D eigenvalue weighted by Crippen LogP contribution is 2.35. The molecular formula is C13H17ClN2O2. The summed E-state index contributed by atoms with van der Waals surface area (Å²) in [6.45, 7) is 0.547. The van der Waals surface area contributed by atoms with E-state index in [9.17, 15) is 9.59 Å². The molecule has 1 heterocycles. The van der Waals surface area contributed by atoms with Crippen LogP contribution in [0, 0.1) is 5.92 Å². The zero-order chi connectivity index (χ0) is 12.7. The third kappa shape index (κ3) is 2.14. The Morgan fingerprint density at radius 3 is 2.44 bits per heavy atom. The molecule has 0 aromatic carbocycles. The van der Waals surface area contributed by atoms with Crippen LogP contribution < -0.4 is 11.2 Å². The Bertz CT molecular complexity index is 565. The van der Waals surface area contributed by atoms with Crippen LogP contribution in [0.2, 0.25) is 5.15 Å². The lowest BCUT2D eigenvalue weighted by Gasteiger charge is -2.13. The van der Waals surface area contributed by atoms with E-state index in [4.69, 9.17) is 11.6 Å². The molecule has 5 heteroatoms. The summed E-state index contributed by atoms with van der Waals surface area (Å²) < 4.78 is 1.34. The third-order valence-corrected chi connectivity index (χ3v) is 4.37. The van der Waals surface area contributed by atoms with Crippen LogP contribution >= 0.6 is 11.6 Å². The first-order valence-electron chi connectivity index (χ1n) is 6.69. The van der Waals surface area contributed by atoms with Gasteiger partial charge in [0.05, 0.1) is 5.56 Å². The van der Waals surface area contributed by atoms with Crippen LogP contribution in [0.5, 0.6) is 0 Å². The lowest BCUT2D eigenvalue weighted by molar-refractivity contribution is 0.558. The Hall–Kier alpha value is -1.03. The number of hydrogen-bond acceptors (Lipinski definition) is 2. The fourth-order valence-corrected chi connectivity index (χ4v) is 3.17. The van der Waals surface area contributed by atoms with Gasteiger partial charge in [0.1, 0.15) is 5.15 Å². The molecule has 0 atom stereocenters. The third-order valence-electron chi connectivity index (χ3n) is 4.07. The molecule has 1 N–H and O–H groups in total. The van der Waals surface area contributed by atoms with E-state index in [1.165, 1.54) is 4.57 Å². The number of aromatic amines is 1. The van der Waals surface area contributed by atoms with Crippen LogP contribution in [-0.4, -0.2) is 9.55 Å². The number of halogens is 1. The van der Waals surface area contributed by atoms with Crippen molar-refractivity contribution in [1.29, 1.82) is 0 Å². The maximum absolute atomic E-state index is 12.4. The molecule has 0 amide bonds. The van der Waals surface area contributed by atoms with E-state index in [1.54, 1.807) is 0 Å². The molecule has 2 aliphatic rings. The smallest absolute Gasteiger partial charge is 0.297 e. The van der Waals surface area contributed by atoms with Gasteiger partial charge in [-0.1, -0.05) is 24.4 Å². The zero-order valence-electron chi connectivity index (χ0n) is 10.2. The highest BCUT2D eigenvalue weighted by molar-refractivity contribution is 6.30. The molecule has 1 aromatic rings. The van der Waals surface area contributed by atoms with Gasteiger partial charge in [-0.25, -0.2) is 4.79 Å². The molecule has 2 saturated carbocycles. The number of hydrogen-bond donors (Lipinski definition) is 1. The maximum Gasteiger partial charge on any atom is 0.329 e. The summed E-state index contributed by atoms with van der Waals surface area (Å²) in [7, 11) is 0. The second-order valence-corrected chi connectivity index (χ2v) is 5.88. The molecule has 2 aliphatic carbocycles. The lowest BCUT2D eigenvalue weighted by Crippen LogP contribution is -2.38. The molecule has 98 valence electrons. The summed E-state index contributed by atoms with van der Waals surface area (Å²) in [5.74, 6) is 0.730. The van der Waals surface area contributed by atoms with Crippen molar-refractivity contribution in [2.24, 2.45) is 5.92 Å². The number of rotatable bonds is 3. The molecule has 0 bridgehead atoms. The van der Waals surface area contributed by atoms with Crippen molar-refractivity contribution < 1.29 is 0 Å². The highest BCUT2D eigenvalue weighted by atomic mass is 35.5. The molecule has 2 fully saturated rings. The minimum absolute atomic E-state index is 0.164. The molecule has 1 aromatic heterocycles. The van der Waals surface area contributed by atoms with E-state index in [0.29, 0.717) is 18.0 Å². The van der Waals surface area contributed by atoms with Gasteiger partial charge in [-0.15, -0.1) is 0 Å². The minimum Gasteiger partial charge on any atom is -0.297 e. The van der Waals surface area contributed by atoms with Gasteiger partial charge >= 0.3 is 5.69 Å². The van der Waals surface area contributed by atoms with Gasteiger partial charge in [0, 0.05) is 6.54 Å². The van der Waals surface area contributed by atoms with Gasteiger partial charge in [0.2, 0.25) is 0 Å². The Morgan fingerprint density at radius 2 is 1.83 bits per heavy atom. The quantitative estimate of drug-likeness (QED) is 0.855. The average Bonchev–Trinajstić information content (AvgIpc) is 2.99. The van der Waals surface area contributed by atoms with Crippen molar-refractivity contribution in [2.45, 2.75) is 51.0 Å². The van der Waals surface area contributed by atoms with Crippen LogP contribution in [0.3, 0.4) is 0 Å². The predicted octanol–water partition coefficient (Wildman–Crippen LogP) is 2.26. The van der Waals surface area contributed by atoms with Crippen molar-refractivity contribution in [3.05, 3.63) is 31.6 Å². The first-order valence-corrected chi connectivity index (χ1v) is 7.07. The minimum atomic E-state index is -0.362. The van der Waals surface area contributed by atoms with E-state index in [1.807, 2.05) is 0 Å². The Labute approximate surface area is 110 Å². The number of nitrogens with zero attached hydrogens (tertiary/aromatic N) is 1. The van der Waals surface area contributed by atoms with Gasteiger partial charge in [0.25, 0.3) is 5.56 Å². The molecule has 0 aliphatic heterocycles. The van der Waals surface area contributed by atoms with Crippen molar-refractivity contribution >= 4 is 11.6 Å². The first-order chi connectivity index (χ1) is 8.66. The van der Waals surface area contributed by atoms with Crippen LogP contribution in [-0.2, 0) is 6.54 Å². The largest absolute Gasteiger partial charge is 0.329 e. The van der Waals surface area contributed by atoms with Gasteiger partial charge in [-0.05, 0) is 37.5 Å². The first kappa shape index (κ1) is 12.0. The number of H-pyrrole nitrogens is 1. The van der Waals surface area contributed by atoms with Gasteiger partial charge in [-0.2, -0.15) is 0 Å². The molecule has 4 nitrogen and oxygen atoms in total. The maximum atomic E-state index is 12.4. The fourth-order valence-electron chi connectivity index (χ4n) is 2.85. The normalized spacial score (nSPS) is 20.5. The molecule has 0 unspecified atom stereocenters. The van der Waals surface area contributed by atoms with Gasteiger partial charge < -0.3 is 0 Å². The molecule has 3 rings (SSSR count). The zero-order valence-corrected chi connectivity index (χ0v) is 11.0. The second kappa shape index (κ2) is 4.57. The Morgan fingerprint density at radius 1 is 1.17 bits per heavy atom. The monoisotopic (exact) mass is 268 g/mol. The summed E-state index contributed by atoms with van der Waals surface area (Å²) >= 11 is 6.07. The van der Waals surface area contributed by atoms with Crippen LogP contribution in [0.25, 0.3) is 0 Å². The lowest BCUT2D eigenvalue weighted by atomic mass is 10.0. The van der Waals surface area contributed by atoms with E-state index in [-0.39, 0.29) is 22.3 Å². The summed E-state index contributed by atoms with van der Waals surface area (Å²) in [5, 5.41) is 0.254. The van der Waals surface area contributed by atoms with Crippen molar-refractivity contribution in [3.63, 3.8) is 0 Å². The average molecular weight is 269 g/mol. The molecule has 0 radical (unpaired) electrons. The van der Waals surface area contributed by atoms with E-state index < -0.39 is 0 Å². The van der Waals surface area contributed by atoms with Crippen molar-refractivity contribution in [3.8, 4) is 0 Å². The van der Waals surface area contributed by atoms with Gasteiger partial charge in [0.15, 0.2) is 0 Å². The number of nitrogens with one attached hydrogen (secondary N) is 1. The topological polar surface area (TPSA) is 54.9 Å². The molecular weight excluding hydrogens is 252 g/mol. The van der Waals surface area contributed by atoms with E-state index >= 15 is 0 Å². The summed E-state index contributed by atoms with van der Waals surface area (Å²) in [5.41, 5.74) is 0.107. The van der Waals surface area contributed by atoms with Crippen LogP contribution in [0.4, 0.5) is 0 Å². The predicted molar refractivity (Wildman–Crippen MR) is 70.3 cm³/mol. The summed E-state index contributed by atoms with van der Waals surface area (Å²) in [6, 6.07) is 0. The Kier molecular flexibility index (Phi) is 3.06. The Balaban J connectivity index is 2.06. The highest BCUT2D eigenvalue weighted by Gasteiger charge is 2.28. The van der Waals surface area contributed by atoms with E-state index in [2.05, 4.69) is 4.98 Å². The molecule has 18 heavy (non-hydrogen) atoms. The van der Waals surface area contributed by atoms with Crippen LogP contribution in [0.1, 0.15) is 50.0 Å². The van der Waals surface area contributed by atoms with Crippen molar-refractivity contribution in [2.75, 3.05) is 0 Å². The van der Waals surface area contributed by atoms with Crippen molar-refractivity contribution in [1.82, 2.24) is 9.55 Å². The SMILES string of the molecule is O=c1[nH]c(Cl)c(C2CCCC2)c(=O)n1CC1CC1. The second-order valence-electron chi connectivity index (χ2n) is 5.50. The standard InChI is InChI=1S/C13H17ClN2O2/c14-11-10(9-3-1-2-4-9)12(17)16(13(18)15-11)7-8-5-6-8/h8-9H,1-7H2,(H,15,18). The fraction of sp³-hybridized carbons (Fsp3) is 0.692. The van der Waals surface area contributed by atoms with Gasteiger partial charge in [-0.3, -0.25) is 14.3 Å². The molecule has 0 spiro atoms.